The van der Waals surface area contributed by atoms with Gasteiger partial charge in [-0.05, 0) is 13.8 Å². The van der Waals surface area contributed by atoms with Gasteiger partial charge in [-0.25, -0.2) is 4.79 Å². The van der Waals surface area contributed by atoms with Crippen LogP contribution in [0.2, 0.25) is 0 Å². The summed E-state index contributed by atoms with van der Waals surface area (Å²) in [5, 5.41) is 16.6. The highest BCUT2D eigenvalue weighted by Gasteiger charge is 2.14. The molecule has 15 heavy (non-hydrogen) atoms. The van der Waals surface area contributed by atoms with E-state index in [1.165, 1.54) is 0 Å². The summed E-state index contributed by atoms with van der Waals surface area (Å²) in [6, 6.07) is 0. The quantitative estimate of drug-likeness (QED) is 0.676. The first-order valence-corrected chi connectivity index (χ1v) is 4.65. The van der Waals surface area contributed by atoms with Crippen LogP contribution < -0.4 is 11.2 Å². The van der Waals surface area contributed by atoms with E-state index in [1.807, 2.05) is 0 Å². The van der Waals surface area contributed by atoms with Crippen LogP contribution in [0.15, 0.2) is 9.59 Å². The first-order chi connectivity index (χ1) is 7.08. The van der Waals surface area contributed by atoms with Crippen molar-refractivity contribution >= 4 is 6.21 Å². The maximum atomic E-state index is 11.6. The molecule has 0 atom stereocenters. The molecule has 0 spiro atoms. The second kappa shape index (κ2) is 4.12. The monoisotopic (exact) mass is 211 g/mol. The second-order valence-corrected chi connectivity index (χ2v) is 2.96. The van der Waals surface area contributed by atoms with E-state index in [0.29, 0.717) is 0 Å². The topological polar surface area (TPSA) is 88.1 Å². The van der Waals surface area contributed by atoms with Crippen molar-refractivity contribution in [1.82, 2.24) is 9.13 Å². The molecular weight excluding hydrogens is 198 g/mol. The lowest BCUT2D eigenvalue weighted by molar-refractivity contribution is 0.394. The number of nitrogens with zero attached hydrogens (tertiary/aromatic N) is 2. The molecular formula is C9H13N3O3. The lowest BCUT2D eigenvalue weighted by Gasteiger charge is -2.10. The van der Waals surface area contributed by atoms with Crippen molar-refractivity contribution in [2.75, 3.05) is 0 Å². The third-order valence-electron chi connectivity index (χ3n) is 2.21. The van der Waals surface area contributed by atoms with E-state index in [9.17, 15) is 14.7 Å². The smallest absolute Gasteiger partial charge is 0.333 e. The summed E-state index contributed by atoms with van der Waals surface area (Å²) in [5.74, 6) is -0.438. The van der Waals surface area contributed by atoms with Crippen molar-refractivity contribution in [1.29, 1.82) is 5.41 Å². The van der Waals surface area contributed by atoms with Crippen molar-refractivity contribution < 1.29 is 5.11 Å². The zero-order valence-electron chi connectivity index (χ0n) is 8.65. The van der Waals surface area contributed by atoms with Gasteiger partial charge >= 0.3 is 5.69 Å². The lowest BCUT2D eigenvalue weighted by atomic mass is 10.3. The molecule has 2 N–H and O–H groups in total. The summed E-state index contributed by atoms with van der Waals surface area (Å²) in [5.41, 5.74) is -1.33. The fourth-order valence-corrected chi connectivity index (χ4v) is 1.40. The van der Waals surface area contributed by atoms with Gasteiger partial charge in [-0.3, -0.25) is 13.9 Å². The Hall–Kier alpha value is -1.85. The molecule has 0 saturated heterocycles. The van der Waals surface area contributed by atoms with Crippen LogP contribution in [0.25, 0.3) is 0 Å². The molecule has 1 aromatic rings. The molecule has 0 aliphatic carbocycles. The minimum atomic E-state index is -0.625. The molecule has 0 bridgehead atoms. The van der Waals surface area contributed by atoms with Gasteiger partial charge in [0.25, 0.3) is 5.56 Å². The van der Waals surface area contributed by atoms with Crippen molar-refractivity contribution in [2.45, 2.75) is 26.9 Å². The van der Waals surface area contributed by atoms with Gasteiger partial charge < -0.3 is 10.5 Å². The Labute approximate surface area is 85.9 Å². The third kappa shape index (κ3) is 1.58. The molecule has 82 valence electrons. The maximum absolute atomic E-state index is 11.6. The van der Waals surface area contributed by atoms with Crippen LogP contribution in [-0.4, -0.2) is 20.5 Å². The number of hydrogen-bond donors (Lipinski definition) is 2. The summed E-state index contributed by atoms with van der Waals surface area (Å²) >= 11 is 0. The number of rotatable bonds is 3. The van der Waals surface area contributed by atoms with Crippen molar-refractivity contribution in [2.24, 2.45) is 0 Å². The van der Waals surface area contributed by atoms with E-state index < -0.39 is 17.1 Å². The fourth-order valence-electron chi connectivity index (χ4n) is 1.40. The highest BCUT2D eigenvalue weighted by Crippen LogP contribution is 2.07. The SMILES string of the molecule is CCn1c(O)c(C=N)c(=O)n(CC)c1=O. The Morgan fingerprint density at radius 2 is 1.80 bits per heavy atom. The van der Waals surface area contributed by atoms with E-state index in [2.05, 4.69) is 0 Å². The zero-order valence-corrected chi connectivity index (χ0v) is 8.65. The summed E-state index contributed by atoms with van der Waals surface area (Å²) in [7, 11) is 0. The van der Waals surface area contributed by atoms with Crippen LogP contribution in [0.1, 0.15) is 19.4 Å². The Bertz CT molecular complexity index is 499. The molecule has 0 amide bonds. The van der Waals surface area contributed by atoms with Crippen LogP contribution >= 0.6 is 0 Å². The maximum Gasteiger partial charge on any atom is 0.333 e. The summed E-state index contributed by atoms with van der Waals surface area (Å²) in [6.07, 6.45) is 0.759. The van der Waals surface area contributed by atoms with Gasteiger partial charge in [-0.2, -0.15) is 0 Å². The lowest BCUT2D eigenvalue weighted by Crippen LogP contribution is -2.40. The Morgan fingerprint density at radius 1 is 1.27 bits per heavy atom. The average Bonchev–Trinajstić information content (AvgIpc) is 2.19. The van der Waals surface area contributed by atoms with Crippen LogP contribution in [0.4, 0.5) is 0 Å². The minimum Gasteiger partial charge on any atom is -0.494 e. The first-order valence-electron chi connectivity index (χ1n) is 4.65. The Morgan fingerprint density at radius 3 is 2.20 bits per heavy atom. The van der Waals surface area contributed by atoms with Crippen LogP contribution in [0.5, 0.6) is 5.88 Å². The first kappa shape index (κ1) is 11.2. The molecule has 1 rings (SSSR count). The van der Waals surface area contributed by atoms with Crippen LogP contribution in [0, 0.1) is 5.41 Å². The van der Waals surface area contributed by atoms with Crippen molar-refractivity contribution in [3.8, 4) is 5.88 Å². The molecule has 0 saturated carbocycles. The van der Waals surface area contributed by atoms with E-state index in [1.54, 1.807) is 13.8 Å². The fraction of sp³-hybridized carbons (Fsp3) is 0.444. The van der Waals surface area contributed by atoms with Gasteiger partial charge in [0, 0.05) is 19.3 Å². The third-order valence-corrected chi connectivity index (χ3v) is 2.21. The van der Waals surface area contributed by atoms with Crippen LogP contribution in [0.3, 0.4) is 0 Å². The number of nitrogens with one attached hydrogen (secondary N) is 1. The molecule has 6 heteroatoms. The number of aromatic nitrogens is 2. The van der Waals surface area contributed by atoms with Gasteiger partial charge in [-0.1, -0.05) is 0 Å². The second-order valence-electron chi connectivity index (χ2n) is 2.96. The van der Waals surface area contributed by atoms with E-state index >= 15 is 0 Å². The molecule has 0 aromatic carbocycles. The van der Waals surface area contributed by atoms with Gasteiger partial charge in [0.2, 0.25) is 5.88 Å². The molecule has 0 aliphatic rings. The summed E-state index contributed by atoms with van der Waals surface area (Å²) < 4.78 is 2.05. The zero-order chi connectivity index (χ0) is 11.6. The molecule has 0 radical (unpaired) electrons. The van der Waals surface area contributed by atoms with E-state index in [0.717, 1.165) is 15.3 Å². The van der Waals surface area contributed by atoms with Crippen molar-refractivity contribution in [3.63, 3.8) is 0 Å². The highest BCUT2D eigenvalue weighted by atomic mass is 16.3. The largest absolute Gasteiger partial charge is 0.494 e. The summed E-state index contributed by atoms with van der Waals surface area (Å²) in [4.78, 5) is 23.2. The normalized spacial score (nSPS) is 10.3. The highest BCUT2D eigenvalue weighted by molar-refractivity contribution is 5.79. The van der Waals surface area contributed by atoms with Gasteiger partial charge in [0.15, 0.2) is 0 Å². The predicted octanol–water partition coefficient (Wildman–Crippen LogP) is -0.247. The molecule has 0 aliphatic heterocycles. The summed E-state index contributed by atoms with van der Waals surface area (Å²) in [6.45, 7) is 3.82. The molecule has 0 unspecified atom stereocenters. The van der Waals surface area contributed by atoms with Crippen molar-refractivity contribution in [3.05, 3.63) is 26.4 Å². The average molecular weight is 211 g/mol. The van der Waals surface area contributed by atoms with Crippen LogP contribution in [-0.2, 0) is 13.1 Å². The standard InChI is InChI=1S/C9H13N3O3/c1-3-11-7(13)6(5-10)8(14)12(4-2)9(11)15/h5,10,13H,3-4H2,1-2H3. The van der Waals surface area contributed by atoms with E-state index in [-0.39, 0.29) is 18.7 Å². The van der Waals surface area contributed by atoms with Gasteiger partial charge in [-0.15, -0.1) is 0 Å². The Kier molecular flexibility index (Phi) is 3.08. The Balaban J connectivity index is 3.81. The van der Waals surface area contributed by atoms with Gasteiger partial charge in [0.1, 0.15) is 5.56 Å². The number of hydrogen-bond acceptors (Lipinski definition) is 4. The minimum absolute atomic E-state index is 0.154. The van der Waals surface area contributed by atoms with E-state index in [4.69, 9.17) is 5.41 Å². The van der Waals surface area contributed by atoms with Gasteiger partial charge in [0.05, 0.1) is 0 Å². The molecule has 1 aromatic heterocycles. The molecule has 1 heterocycles. The number of aromatic hydroxyl groups is 1. The predicted molar refractivity (Wildman–Crippen MR) is 55.9 cm³/mol. The molecule has 6 nitrogen and oxygen atoms in total. The molecule has 0 fully saturated rings.